The molecule has 0 aliphatic carbocycles. The molecule has 2 aromatic heterocycles. The molecule has 0 amide bonds. The highest BCUT2D eigenvalue weighted by Crippen LogP contribution is 2.32. The van der Waals surface area contributed by atoms with E-state index >= 15 is 0 Å². The molecule has 8 heteroatoms. The maximum absolute atomic E-state index is 7.99. The summed E-state index contributed by atoms with van der Waals surface area (Å²) in [6.07, 6.45) is 2.15. The number of piperazine rings is 1. The van der Waals surface area contributed by atoms with Gasteiger partial charge in [-0.3, -0.25) is 10.8 Å². The topological polar surface area (TPSA) is 80.0 Å². The van der Waals surface area contributed by atoms with Crippen LogP contribution in [-0.4, -0.2) is 46.7 Å². The van der Waals surface area contributed by atoms with Crippen LogP contribution in [-0.2, 0) is 6.42 Å². The molecule has 0 aromatic carbocycles. The van der Waals surface area contributed by atoms with Gasteiger partial charge < -0.3 is 9.80 Å². The van der Waals surface area contributed by atoms with E-state index in [1.165, 1.54) is 11.2 Å². The summed E-state index contributed by atoms with van der Waals surface area (Å²) in [6.45, 7) is 3.85. The molecular weight excluding hydrogens is 308 g/mol. The summed E-state index contributed by atoms with van der Waals surface area (Å²) in [4.78, 5) is 14.5. The number of aromatic nitrogens is 2. The zero-order valence-electron chi connectivity index (χ0n) is 11.6. The highest BCUT2D eigenvalue weighted by molar-refractivity contribution is 7.18. The Bertz CT molecular complexity index is 712. The third-order valence-corrected chi connectivity index (χ3v) is 4.84. The van der Waals surface area contributed by atoms with Gasteiger partial charge in [0.25, 0.3) is 0 Å². The second kappa shape index (κ2) is 5.57. The number of anilines is 1. The van der Waals surface area contributed by atoms with Gasteiger partial charge in [-0.15, -0.1) is 11.3 Å². The van der Waals surface area contributed by atoms with Gasteiger partial charge in [0.2, 0.25) is 5.28 Å². The van der Waals surface area contributed by atoms with Crippen LogP contribution in [0.1, 0.15) is 11.8 Å². The van der Waals surface area contributed by atoms with Crippen LogP contribution in [0.15, 0.2) is 6.07 Å². The van der Waals surface area contributed by atoms with Gasteiger partial charge in [-0.1, -0.05) is 6.92 Å². The van der Waals surface area contributed by atoms with Crippen LogP contribution >= 0.6 is 22.9 Å². The van der Waals surface area contributed by atoms with Gasteiger partial charge in [0.05, 0.1) is 18.3 Å². The predicted octanol–water partition coefficient (Wildman–Crippen LogP) is 2.61. The van der Waals surface area contributed by atoms with Gasteiger partial charge >= 0.3 is 0 Å². The van der Waals surface area contributed by atoms with Gasteiger partial charge in [0.15, 0.2) is 0 Å². The fraction of sp³-hybridized carbons (Fsp3) is 0.385. The quantitative estimate of drug-likeness (QED) is 0.517. The van der Waals surface area contributed by atoms with Crippen LogP contribution in [0.5, 0.6) is 0 Å². The van der Waals surface area contributed by atoms with E-state index in [0.717, 1.165) is 22.5 Å². The van der Waals surface area contributed by atoms with Crippen LogP contribution in [0.4, 0.5) is 5.82 Å². The number of hydrogen-bond acceptors (Lipinski definition) is 6. The molecule has 0 radical (unpaired) electrons. The zero-order valence-corrected chi connectivity index (χ0v) is 13.1. The summed E-state index contributed by atoms with van der Waals surface area (Å²) in [5.74, 6) is 1.18. The summed E-state index contributed by atoms with van der Waals surface area (Å²) >= 11 is 7.68. The van der Waals surface area contributed by atoms with Gasteiger partial charge in [0, 0.05) is 18.0 Å². The molecule has 0 saturated carbocycles. The Kier molecular flexibility index (Phi) is 3.77. The van der Waals surface area contributed by atoms with Gasteiger partial charge in [-0.25, -0.2) is 4.98 Å². The minimum absolute atomic E-state index is 0.239. The molecule has 6 nitrogen and oxygen atoms in total. The third kappa shape index (κ3) is 2.58. The van der Waals surface area contributed by atoms with E-state index in [4.69, 9.17) is 22.4 Å². The lowest BCUT2D eigenvalue weighted by Gasteiger charge is -2.34. The lowest BCUT2D eigenvalue weighted by molar-refractivity contribution is 0.556. The van der Waals surface area contributed by atoms with Gasteiger partial charge in [-0.05, 0) is 24.1 Å². The predicted molar refractivity (Wildman–Crippen MR) is 87.2 cm³/mol. The molecule has 1 aliphatic rings. The highest BCUT2D eigenvalue weighted by Gasteiger charge is 2.23. The molecule has 3 heterocycles. The van der Waals surface area contributed by atoms with Crippen LogP contribution in [0.25, 0.3) is 10.2 Å². The Labute approximate surface area is 131 Å². The monoisotopic (exact) mass is 322 g/mol. The van der Waals surface area contributed by atoms with Crippen LogP contribution in [0.3, 0.4) is 0 Å². The molecule has 3 rings (SSSR count). The number of halogens is 1. The van der Waals surface area contributed by atoms with Gasteiger partial charge in [-0.2, -0.15) is 4.98 Å². The second-order valence-electron chi connectivity index (χ2n) is 4.79. The molecular formula is C13H15ClN6S. The first-order valence-corrected chi connectivity index (χ1v) is 7.87. The molecule has 2 N–H and O–H groups in total. The molecule has 0 atom stereocenters. The van der Waals surface area contributed by atoms with Crippen molar-refractivity contribution in [3.8, 4) is 0 Å². The number of aryl methyl sites for hydroxylation is 1. The Hall–Kier alpha value is -1.73. The van der Waals surface area contributed by atoms with Crippen molar-refractivity contribution in [2.24, 2.45) is 0 Å². The van der Waals surface area contributed by atoms with Crippen LogP contribution in [0, 0.1) is 10.8 Å². The molecule has 1 aliphatic heterocycles. The first-order valence-electron chi connectivity index (χ1n) is 6.68. The van der Waals surface area contributed by atoms with Crippen molar-refractivity contribution in [1.82, 2.24) is 14.9 Å². The standard InChI is InChI=1S/C13H15ClN6S/c1-2-8-5-9-11(17-13(14)18-12(9)21-8)19-3-4-20(7-15)10(16)6-19/h5,7,15-16H,2-4,6H2,1H3. The molecule has 21 heavy (non-hydrogen) atoms. The zero-order chi connectivity index (χ0) is 15.0. The van der Waals surface area contributed by atoms with E-state index < -0.39 is 0 Å². The fourth-order valence-electron chi connectivity index (χ4n) is 2.38. The summed E-state index contributed by atoms with van der Waals surface area (Å²) in [6, 6.07) is 2.11. The van der Waals surface area contributed by atoms with Crippen LogP contribution in [0.2, 0.25) is 5.28 Å². The summed E-state index contributed by atoms with van der Waals surface area (Å²) < 4.78 is 0. The second-order valence-corrected chi connectivity index (χ2v) is 6.25. The first-order chi connectivity index (χ1) is 10.1. The van der Waals surface area contributed by atoms with Crippen molar-refractivity contribution in [1.29, 1.82) is 10.8 Å². The largest absolute Gasteiger partial charge is 0.347 e. The lowest BCUT2D eigenvalue weighted by Crippen LogP contribution is -2.49. The minimum Gasteiger partial charge on any atom is -0.347 e. The van der Waals surface area contributed by atoms with Crippen molar-refractivity contribution in [3.05, 3.63) is 16.2 Å². The highest BCUT2D eigenvalue weighted by atomic mass is 35.5. The Morgan fingerprint density at radius 3 is 2.90 bits per heavy atom. The van der Waals surface area contributed by atoms with E-state index in [0.29, 0.717) is 25.5 Å². The number of nitrogens with one attached hydrogen (secondary N) is 2. The van der Waals surface area contributed by atoms with E-state index in [2.05, 4.69) is 23.0 Å². The number of thiophene rings is 1. The fourth-order valence-corrected chi connectivity index (χ4v) is 3.56. The van der Waals surface area contributed by atoms with Gasteiger partial charge in [0.1, 0.15) is 16.5 Å². The smallest absolute Gasteiger partial charge is 0.225 e. The van der Waals surface area contributed by atoms with E-state index in [1.807, 2.05) is 4.90 Å². The Morgan fingerprint density at radius 1 is 1.43 bits per heavy atom. The van der Waals surface area contributed by atoms with Crippen LogP contribution < -0.4 is 4.90 Å². The molecule has 1 saturated heterocycles. The molecule has 0 unspecified atom stereocenters. The summed E-state index contributed by atoms with van der Waals surface area (Å²) in [5, 5.41) is 16.5. The molecule has 1 fully saturated rings. The average Bonchev–Trinajstić information content (AvgIpc) is 2.89. The lowest BCUT2D eigenvalue weighted by atomic mass is 10.2. The van der Waals surface area contributed by atoms with Crippen molar-refractivity contribution in [2.75, 3.05) is 24.5 Å². The van der Waals surface area contributed by atoms with E-state index in [1.54, 1.807) is 16.2 Å². The van der Waals surface area contributed by atoms with E-state index in [-0.39, 0.29) is 5.28 Å². The molecule has 0 spiro atoms. The SMILES string of the molecule is CCc1cc2c(N3CCN(C=N)C(=N)C3)nc(Cl)nc2s1. The Morgan fingerprint density at radius 2 is 2.24 bits per heavy atom. The number of nitrogens with zero attached hydrogens (tertiary/aromatic N) is 4. The first kappa shape index (κ1) is 14.2. The summed E-state index contributed by atoms with van der Waals surface area (Å²) in [7, 11) is 0. The maximum Gasteiger partial charge on any atom is 0.225 e. The van der Waals surface area contributed by atoms with Crippen molar-refractivity contribution < 1.29 is 0 Å². The maximum atomic E-state index is 7.99. The van der Waals surface area contributed by atoms with Crippen molar-refractivity contribution in [3.63, 3.8) is 0 Å². The normalized spacial score (nSPS) is 15.8. The molecule has 2 aromatic rings. The van der Waals surface area contributed by atoms with Crippen molar-refractivity contribution >= 4 is 51.1 Å². The third-order valence-electron chi connectivity index (χ3n) is 3.50. The summed E-state index contributed by atoms with van der Waals surface area (Å²) in [5.41, 5.74) is 0. The molecule has 0 bridgehead atoms. The number of amidine groups is 1. The number of fused-ring (bicyclic) bond motifs is 1. The molecule has 110 valence electrons. The average molecular weight is 323 g/mol. The van der Waals surface area contributed by atoms with Crippen molar-refractivity contribution in [2.45, 2.75) is 13.3 Å². The Balaban J connectivity index is 2.01. The number of hydrogen-bond donors (Lipinski definition) is 2. The minimum atomic E-state index is 0.239. The number of rotatable bonds is 3. The van der Waals surface area contributed by atoms with E-state index in [9.17, 15) is 0 Å².